The minimum atomic E-state index is -0.636. The van der Waals surface area contributed by atoms with Crippen LogP contribution < -0.4 is 14.2 Å². The van der Waals surface area contributed by atoms with E-state index in [-0.39, 0.29) is 31.7 Å². The van der Waals surface area contributed by atoms with E-state index in [2.05, 4.69) is 0 Å². The first-order chi connectivity index (χ1) is 19.1. The van der Waals surface area contributed by atoms with E-state index in [1.54, 1.807) is 19.1 Å². The van der Waals surface area contributed by atoms with Gasteiger partial charge in [-0.2, -0.15) is 0 Å². The molecule has 1 aliphatic carbocycles. The smallest absolute Gasteiger partial charge is 0.410 e. The van der Waals surface area contributed by atoms with Crippen LogP contribution in [0.25, 0.3) is 5.57 Å². The van der Waals surface area contributed by atoms with E-state index in [1.807, 2.05) is 68.1 Å². The highest BCUT2D eigenvalue weighted by Gasteiger charge is 2.38. The Morgan fingerprint density at radius 3 is 2.33 bits per heavy atom. The van der Waals surface area contributed by atoms with Gasteiger partial charge in [-0.25, -0.2) is 4.79 Å². The van der Waals surface area contributed by atoms with Gasteiger partial charge >= 0.3 is 6.09 Å². The van der Waals surface area contributed by atoms with E-state index in [4.69, 9.17) is 24.1 Å². The van der Waals surface area contributed by atoms with Crippen LogP contribution in [-0.2, 0) is 16.1 Å². The molecular formula is C31H40N2O7. The van der Waals surface area contributed by atoms with Crippen molar-refractivity contribution in [2.75, 3.05) is 40.5 Å². The van der Waals surface area contributed by atoms with Gasteiger partial charge in [-0.1, -0.05) is 18.2 Å². The van der Waals surface area contributed by atoms with Gasteiger partial charge in [0.25, 0.3) is 5.91 Å². The molecule has 0 atom stereocenters. The molecule has 216 valence electrons. The molecule has 40 heavy (non-hydrogen) atoms. The first-order valence-electron chi connectivity index (χ1n) is 13.7. The molecule has 2 aliphatic rings. The van der Waals surface area contributed by atoms with E-state index < -0.39 is 11.7 Å². The Kier molecular flexibility index (Phi) is 9.25. The second kappa shape index (κ2) is 12.6. The lowest BCUT2D eigenvalue weighted by Crippen LogP contribution is -2.44. The van der Waals surface area contributed by atoms with Crippen LogP contribution in [0.2, 0.25) is 0 Å². The molecule has 9 heteroatoms. The predicted octanol–water partition coefficient (Wildman–Crippen LogP) is 4.66. The number of rotatable bonds is 10. The van der Waals surface area contributed by atoms with Crippen molar-refractivity contribution in [1.29, 1.82) is 0 Å². The van der Waals surface area contributed by atoms with Gasteiger partial charge in [-0.05, 0) is 81.0 Å². The van der Waals surface area contributed by atoms with Gasteiger partial charge in [0, 0.05) is 24.7 Å². The summed E-state index contributed by atoms with van der Waals surface area (Å²) in [5.41, 5.74) is 2.71. The molecule has 2 aromatic carbocycles. The average Bonchev–Trinajstić information content (AvgIpc) is 3.79. The summed E-state index contributed by atoms with van der Waals surface area (Å²) in [6.07, 6.45) is 1.97. The summed E-state index contributed by atoms with van der Waals surface area (Å²) in [6.45, 7) is 6.68. The van der Waals surface area contributed by atoms with Crippen LogP contribution in [0, 0.1) is 0 Å². The van der Waals surface area contributed by atoms with Gasteiger partial charge in [-0.15, -0.1) is 0 Å². The van der Waals surface area contributed by atoms with Crippen LogP contribution in [-0.4, -0.2) is 79.1 Å². The van der Waals surface area contributed by atoms with E-state index in [9.17, 15) is 9.59 Å². The predicted molar refractivity (Wildman–Crippen MR) is 151 cm³/mol. The summed E-state index contributed by atoms with van der Waals surface area (Å²) < 4.78 is 22.0. The Balaban J connectivity index is 1.67. The van der Waals surface area contributed by atoms with Crippen LogP contribution >= 0.6 is 0 Å². The average molecular weight is 553 g/mol. The maximum absolute atomic E-state index is 14.3. The molecule has 1 fully saturated rings. The van der Waals surface area contributed by atoms with E-state index in [1.165, 1.54) is 0 Å². The summed E-state index contributed by atoms with van der Waals surface area (Å²) >= 11 is 0. The number of nitrogens with zero attached hydrogens (tertiary/aromatic N) is 2. The fourth-order valence-electron chi connectivity index (χ4n) is 4.78. The maximum atomic E-state index is 14.3. The minimum absolute atomic E-state index is 0.0663. The molecule has 0 aromatic heterocycles. The Morgan fingerprint density at radius 1 is 1.02 bits per heavy atom. The summed E-state index contributed by atoms with van der Waals surface area (Å²) in [4.78, 5) is 30.8. The van der Waals surface area contributed by atoms with Gasteiger partial charge in [-0.3, -0.25) is 4.79 Å². The molecule has 1 aliphatic heterocycles. The van der Waals surface area contributed by atoms with Crippen LogP contribution in [0.5, 0.6) is 17.2 Å². The lowest BCUT2D eigenvalue weighted by atomic mass is 9.92. The van der Waals surface area contributed by atoms with Crippen molar-refractivity contribution in [2.24, 2.45) is 0 Å². The number of amides is 2. The number of benzene rings is 2. The fraction of sp³-hybridized carbons (Fsp3) is 0.484. The number of methoxy groups -OCH3 is 2. The molecule has 0 radical (unpaired) electrons. The van der Waals surface area contributed by atoms with Crippen molar-refractivity contribution in [3.8, 4) is 17.2 Å². The van der Waals surface area contributed by atoms with Crippen molar-refractivity contribution in [3.05, 3.63) is 59.2 Å². The second-order valence-electron chi connectivity index (χ2n) is 11.1. The van der Waals surface area contributed by atoms with Crippen molar-refractivity contribution in [2.45, 2.75) is 58.2 Å². The van der Waals surface area contributed by atoms with Crippen molar-refractivity contribution in [3.63, 3.8) is 0 Å². The Bertz CT molecular complexity index is 1230. The standard InChI is InChI=1S/C31H40N2O7/c1-31(2,3)40-30(36)32-15-14-25(22-7-11-24(12-8-22)39-17-16-34)26(20-32)29(35)33(23-9-10-23)19-21-6-13-27(37-4)28(18-21)38-5/h6-8,11-13,18,23,34H,9-10,14-17,19-20H2,1-5H3. The molecule has 1 heterocycles. The molecule has 0 unspecified atom stereocenters. The third-order valence-corrected chi connectivity index (χ3v) is 6.87. The molecule has 4 rings (SSSR count). The third kappa shape index (κ3) is 7.27. The summed E-state index contributed by atoms with van der Waals surface area (Å²) in [6, 6.07) is 13.3. The minimum Gasteiger partial charge on any atom is -0.493 e. The molecule has 0 spiro atoms. The summed E-state index contributed by atoms with van der Waals surface area (Å²) in [7, 11) is 3.19. The van der Waals surface area contributed by atoms with E-state index in [0.29, 0.717) is 42.3 Å². The van der Waals surface area contributed by atoms with E-state index >= 15 is 0 Å². The lowest BCUT2D eigenvalue weighted by Gasteiger charge is -2.34. The van der Waals surface area contributed by atoms with Gasteiger partial charge in [0.1, 0.15) is 18.0 Å². The van der Waals surface area contributed by atoms with Crippen molar-refractivity contribution >= 4 is 17.6 Å². The lowest BCUT2D eigenvalue weighted by molar-refractivity contribution is -0.128. The first kappa shape index (κ1) is 29.3. The number of ether oxygens (including phenoxy) is 4. The zero-order valence-electron chi connectivity index (χ0n) is 24.1. The van der Waals surface area contributed by atoms with E-state index in [0.717, 1.165) is 29.5 Å². The van der Waals surface area contributed by atoms with Gasteiger partial charge in [0.15, 0.2) is 11.5 Å². The van der Waals surface area contributed by atoms with Crippen molar-refractivity contribution < 1.29 is 33.6 Å². The fourth-order valence-corrected chi connectivity index (χ4v) is 4.78. The SMILES string of the molecule is COc1ccc(CN(C(=O)C2=C(c3ccc(OCCO)cc3)CCN(C(=O)OC(C)(C)C)C2)C2CC2)cc1OC. The number of hydrogen-bond acceptors (Lipinski definition) is 7. The monoisotopic (exact) mass is 552 g/mol. The molecule has 0 saturated heterocycles. The zero-order chi connectivity index (χ0) is 28.9. The highest BCUT2D eigenvalue weighted by molar-refractivity contribution is 6.03. The molecule has 0 bridgehead atoms. The van der Waals surface area contributed by atoms with Crippen LogP contribution in [0.4, 0.5) is 4.79 Å². The van der Waals surface area contributed by atoms with Gasteiger partial charge in [0.05, 0.1) is 27.4 Å². The molecule has 1 saturated carbocycles. The van der Waals surface area contributed by atoms with Crippen LogP contribution in [0.1, 0.15) is 51.2 Å². The Hall–Kier alpha value is -3.72. The normalized spacial score (nSPS) is 15.5. The maximum Gasteiger partial charge on any atom is 0.410 e. The third-order valence-electron chi connectivity index (χ3n) is 6.87. The Labute approximate surface area is 236 Å². The first-order valence-corrected chi connectivity index (χ1v) is 13.7. The highest BCUT2D eigenvalue weighted by atomic mass is 16.6. The van der Waals surface area contributed by atoms with Gasteiger partial charge in [0.2, 0.25) is 0 Å². The number of carbonyl (C=O) groups excluding carboxylic acids is 2. The number of carbonyl (C=O) groups is 2. The number of hydrogen-bond donors (Lipinski definition) is 1. The largest absolute Gasteiger partial charge is 0.493 e. The summed E-state index contributed by atoms with van der Waals surface area (Å²) in [5.74, 6) is 1.80. The quantitative estimate of drug-likeness (QED) is 0.458. The Morgan fingerprint density at radius 2 is 1.73 bits per heavy atom. The van der Waals surface area contributed by atoms with Crippen LogP contribution in [0.3, 0.4) is 0 Å². The molecule has 1 N–H and O–H groups in total. The zero-order valence-corrected chi connectivity index (χ0v) is 24.1. The highest BCUT2D eigenvalue weighted by Crippen LogP contribution is 2.36. The summed E-state index contributed by atoms with van der Waals surface area (Å²) in [5, 5.41) is 9.05. The molecular weight excluding hydrogens is 512 g/mol. The number of aliphatic hydroxyl groups excluding tert-OH is 1. The number of aliphatic hydroxyl groups is 1. The van der Waals surface area contributed by atoms with Crippen molar-refractivity contribution in [1.82, 2.24) is 9.80 Å². The van der Waals surface area contributed by atoms with Crippen LogP contribution in [0.15, 0.2) is 48.0 Å². The topological polar surface area (TPSA) is 97.8 Å². The molecule has 2 aromatic rings. The molecule has 9 nitrogen and oxygen atoms in total. The van der Waals surface area contributed by atoms with Gasteiger partial charge < -0.3 is 33.9 Å². The second-order valence-corrected chi connectivity index (χ2v) is 11.1. The molecule has 2 amide bonds.